The zero-order valence-electron chi connectivity index (χ0n) is 17.3. The van der Waals surface area contributed by atoms with E-state index >= 15 is 0 Å². The summed E-state index contributed by atoms with van der Waals surface area (Å²) in [5.74, 6) is 0.528. The number of amides is 2. The van der Waals surface area contributed by atoms with Crippen LogP contribution in [0.15, 0.2) is 35.6 Å². The number of rotatable bonds is 8. The van der Waals surface area contributed by atoms with Gasteiger partial charge in [-0.2, -0.15) is 0 Å². The molecule has 2 aromatic heterocycles. The molecular formula is C20H24N6O2S2. The van der Waals surface area contributed by atoms with Gasteiger partial charge in [0.05, 0.1) is 11.8 Å². The molecule has 2 amide bonds. The Morgan fingerprint density at radius 3 is 2.57 bits per heavy atom. The molecule has 0 saturated heterocycles. The summed E-state index contributed by atoms with van der Waals surface area (Å²) in [7, 11) is 0. The van der Waals surface area contributed by atoms with Gasteiger partial charge < -0.3 is 15.2 Å². The van der Waals surface area contributed by atoms with E-state index in [-0.39, 0.29) is 23.6 Å². The summed E-state index contributed by atoms with van der Waals surface area (Å²) in [4.78, 5) is 29.9. The third-order valence-corrected chi connectivity index (χ3v) is 6.11. The molecule has 0 bridgehead atoms. The number of carbonyl (C=O) groups excluding carboxylic acids is 2. The molecule has 30 heavy (non-hydrogen) atoms. The predicted octanol–water partition coefficient (Wildman–Crippen LogP) is 3.59. The van der Waals surface area contributed by atoms with Crippen molar-refractivity contribution >= 4 is 40.0 Å². The van der Waals surface area contributed by atoms with Crippen molar-refractivity contribution in [1.82, 2.24) is 25.1 Å². The van der Waals surface area contributed by atoms with E-state index in [1.54, 1.807) is 18.3 Å². The highest BCUT2D eigenvalue weighted by Crippen LogP contribution is 2.22. The molecule has 158 valence electrons. The van der Waals surface area contributed by atoms with E-state index in [9.17, 15) is 9.59 Å². The molecular weight excluding hydrogens is 420 g/mol. The minimum absolute atomic E-state index is 0.151. The van der Waals surface area contributed by atoms with Crippen molar-refractivity contribution in [2.24, 2.45) is 0 Å². The van der Waals surface area contributed by atoms with Gasteiger partial charge in [-0.25, -0.2) is 4.98 Å². The second kappa shape index (κ2) is 9.86. The van der Waals surface area contributed by atoms with E-state index < -0.39 is 0 Å². The van der Waals surface area contributed by atoms with Gasteiger partial charge in [0.1, 0.15) is 0 Å². The van der Waals surface area contributed by atoms with Crippen LogP contribution in [0.5, 0.6) is 0 Å². The summed E-state index contributed by atoms with van der Waals surface area (Å²) >= 11 is 2.73. The van der Waals surface area contributed by atoms with Crippen molar-refractivity contribution in [1.29, 1.82) is 0 Å². The van der Waals surface area contributed by atoms with Crippen molar-refractivity contribution in [2.75, 3.05) is 11.1 Å². The summed E-state index contributed by atoms with van der Waals surface area (Å²) in [5, 5.41) is 15.4. The molecule has 0 fully saturated rings. The molecule has 0 saturated carbocycles. The van der Waals surface area contributed by atoms with Gasteiger partial charge in [-0.3, -0.25) is 9.59 Å². The van der Waals surface area contributed by atoms with Gasteiger partial charge in [-0.05, 0) is 39.8 Å². The summed E-state index contributed by atoms with van der Waals surface area (Å²) in [6, 6.07) is 7.08. The standard InChI is InChI=1S/C20H24N6O2S2/c1-5-26-17(14(4)22-18(28)15-8-6-12(2)7-9-15)24-25-20(26)29-11-16(27)23-19-21-10-13(3)30-19/h6-10,14H,5,11H2,1-4H3,(H,22,28)(H,21,23,27). The van der Waals surface area contributed by atoms with Crippen LogP contribution in [-0.4, -0.2) is 37.3 Å². The normalized spacial score (nSPS) is 11.9. The van der Waals surface area contributed by atoms with E-state index in [2.05, 4.69) is 25.8 Å². The smallest absolute Gasteiger partial charge is 0.251 e. The molecule has 0 aliphatic rings. The molecule has 1 unspecified atom stereocenters. The van der Waals surface area contributed by atoms with Crippen LogP contribution in [0.2, 0.25) is 0 Å². The monoisotopic (exact) mass is 444 g/mol. The fraction of sp³-hybridized carbons (Fsp3) is 0.350. The summed E-state index contributed by atoms with van der Waals surface area (Å²) in [6.07, 6.45) is 1.72. The minimum atomic E-state index is -0.326. The average Bonchev–Trinajstić information content (AvgIpc) is 3.32. The number of thioether (sulfide) groups is 1. The van der Waals surface area contributed by atoms with Crippen LogP contribution in [0, 0.1) is 13.8 Å². The van der Waals surface area contributed by atoms with Crippen LogP contribution >= 0.6 is 23.1 Å². The van der Waals surface area contributed by atoms with Crippen molar-refractivity contribution in [2.45, 2.75) is 45.4 Å². The van der Waals surface area contributed by atoms with Gasteiger partial charge >= 0.3 is 0 Å². The molecule has 2 N–H and O–H groups in total. The van der Waals surface area contributed by atoms with Gasteiger partial charge in [-0.15, -0.1) is 21.5 Å². The van der Waals surface area contributed by atoms with Crippen molar-refractivity contribution in [3.8, 4) is 0 Å². The number of aromatic nitrogens is 4. The first-order valence-electron chi connectivity index (χ1n) is 9.53. The first kappa shape index (κ1) is 22.0. The van der Waals surface area contributed by atoms with Gasteiger partial charge in [0.2, 0.25) is 5.91 Å². The topological polar surface area (TPSA) is 102 Å². The highest BCUT2D eigenvalue weighted by molar-refractivity contribution is 7.99. The molecule has 3 aromatic rings. The Morgan fingerprint density at radius 2 is 1.93 bits per heavy atom. The summed E-state index contributed by atoms with van der Waals surface area (Å²) < 4.78 is 1.91. The van der Waals surface area contributed by atoms with Gasteiger partial charge in [0.15, 0.2) is 16.1 Å². The van der Waals surface area contributed by atoms with Crippen molar-refractivity contribution in [3.05, 3.63) is 52.3 Å². The summed E-state index contributed by atoms with van der Waals surface area (Å²) in [6.45, 7) is 8.39. The Labute approximate surface area is 183 Å². The lowest BCUT2D eigenvalue weighted by Crippen LogP contribution is -2.28. The zero-order valence-corrected chi connectivity index (χ0v) is 18.9. The van der Waals surface area contributed by atoms with Crippen LogP contribution in [0.3, 0.4) is 0 Å². The number of aryl methyl sites for hydroxylation is 2. The number of nitrogens with zero attached hydrogens (tertiary/aromatic N) is 4. The van der Waals surface area contributed by atoms with Gasteiger partial charge in [0.25, 0.3) is 5.91 Å². The number of nitrogens with one attached hydrogen (secondary N) is 2. The van der Waals surface area contributed by atoms with Gasteiger partial charge in [-0.1, -0.05) is 29.5 Å². The fourth-order valence-corrected chi connectivity index (χ4v) is 4.26. The maximum absolute atomic E-state index is 12.5. The Hall–Kier alpha value is -2.72. The van der Waals surface area contributed by atoms with Crippen LogP contribution in [0.25, 0.3) is 0 Å². The third-order valence-electron chi connectivity index (χ3n) is 4.31. The molecule has 0 spiro atoms. The van der Waals surface area contributed by atoms with Crippen LogP contribution < -0.4 is 10.6 Å². The maximum atomic E-state index is 12.5. The molecule has 0 aliphatic carbocycles. The van der Waals surface area contributed by atoms with E-state index in [0.717, 1.165) is 10.4 Å². The third kappa shape index (κ3) is 5.45. The lowest BCUT2D eigenvalue weighted by Gasteiger charge is -2.15. The average molecular weight is 445 g/mol. The molecule has 1 aromatic carbocycles. The van der Waals surface area contributed by atoms with Crippen LogP contribution in [0.4, 0.5) is 5.13 Å². The Morgan fingerprint density at radius 1 is 1.20 bits per heavy atom. The minimum Gasteiger partial charge on any atom is -0.342 e. The fourth-order valence-electron chi connectivity index (χ4n) is 2.77. The van der Waals surface area contributed by atoms with E-state index in [4.69, 9.17) is 0 Å². The maximum Gasteiger partial charge on any atom is 0.251 e. The molecule has 3 rings (SSSR count). The Bertz CT molecular complexity index is 1030. The second-order valence-electron chi connectivity index (χ2n) is 6.76. The first-order chi connectivity index (χ1) is 14.4. The number of carbonyl (C=O) groups is 2. The molecule has 2 heterocycles. The Kier molecular flexibility index (Phi) is 7.22. The molecule has 0 radical (unpaired) electrons. The molecule has 0 aliphatic heterocycles. The van der Waals surface area contributed by atoms with E-state index in [0.29, 0.717) is 28.2 Å². The van der Waals surface area contributed by atoms with E-state index in [1.807, 2.05) is 44.4 Å². The zero-order chi connectivity index (χ0) is 21.7. The van der Waals surface area contributed by atoms with Gasteiger partial charge in [0, 0.05) is 23.2 Å². The molecule has 8 nitrogen and oxygen atoms in total. The van der Waals surface area contributed by atoms with E-state index in [1.165, 1.54) is 23.1 Å². The van der Waals surface area contributed by atoms with Crippen molar-refractivity contribution in [3.63, 3.8) is 0 Å². The predicted molar refractivity (Wildman–Crippen MR) is 119 cm³/mol. The quantitative estimate of drug-likeness (QED) is 0.515. The summed E-state index contributed by atoms with van der Waals surface area (Å²) in [5.41, 5.74) is 1.69. The highest BCUT2D eigenvalue weighted by atomic mass is 32.2. The SMILES string of the molecule is CCn1c(SCC(=O)Nc2ncc(C)s2)nnc1C(C)NC(=O)c1ccc(C)cc1. The first-order valence-corrected chi connectivity index (χ1v) is 11.3. The highest BCUT2D eigenvalue weighted by Gasteiger charge is 2.20. The van der Waals surface area contributed by atoms with Crippen molar-refractivity contribution < 1.29 is 9.59 Å². The molecule has 10 heteroatoms. The van der Waals surface area contributed by atoms with Crippen LogP contribution in [-0.2, 0) is 11.3 Å². The lowest BCUT2D eigenvalue weighted by atomic mass is 10.1. The largest absolute Gasteiger partial charge is 0.342 e. The second-order valence-corrected chi connectivity index (χ2v) is 8.94. The Balaban J connectivity index is 1.61. The van der Waals surface area contributed by atoms with Crippen LogP contribution in [0.1, 0.15) is 46.5 Å². The number of benzene rings is 1. The molecule has 1 atom stereocenters. The number of thiazole rings is 1. The number of anilines is 1. The number of hydrogen-bond acceptors (Lipinski definition) is 7. The number of hydrogen-bond donors (Lipinski definition) is 2. The lowest BCUT2D eigenvalue weighted by molar-refractivity contribution is -0.113.